The van der Waals surface area contributed by atoms with Crippen LogP contribution in [0, 0.1) is 13.8 Å². The number of hydrogen-bond donors (Lipinski definition) is 1. The Morgan fingerprint density at radius 2 is 1.68 bits per heavy atom. The van der Waals surface area contributed by atoms with Crippen molar-refractivity contribution in [1.82, 2.24) is 5.32 Å². The van der Waals surface area contributed by atoms with E-state index < -0.39 is 15.9 Å². The minimum atomic E-state index is -3.61. The SMILES string of the molecule is COc1ccc(CNC(=O)CN(c2ccc(C)c(C)c2)S(C)(=O)=O)cc1OC. The first-order valence-electron chi connectivity index (χ1n) is 8.68. The van der Waals surface area contributed by atoms with E-state index in [1.54, 1.807) is 37.4 Å². The minimum absolute atomic E-state index is 0.240. The largest absolute Gasteiger partial charge is 0.493 e. The van der Waals surface area contributed by atoms with Gasteiger partial charge in [-0.15, -0.1) is 0 Å². The van der Waals surface area contributed by atoms with Crippen molar-refractivity contribution in [3.05, 3.63) is 53.1 Å². The lowest BCUT2D eigenvalue weighted by Crippen LogP contribution is -2.40. The molecule has 0 unspecified atom stereocenters. The van der Waals surface area contributed by atoms with Crippen molar-refractivity contribution in [3.8, 4) is 11.5 Å². The van der Waals surface area contributed by atoms with E-state index in [1.807, 2.05) is 19.9 Å². The zero-order valence-corrected chi connectivity index (χ0v) is 17.6. The molecule has 0 spiro atoms. The van der Waals surface area contributed by atoms with Crippen molar-refractivity contribution in [1.29, 1.82) is 0 Å². The van der Waals surface area contributed by atoms with Gasteiger partial charge in [-0.3, -0.25) is 9.10 Å². The van der Waals surface area contributed by atoms with E-state index in [4.69, 9.17) is 9.47 Å². The van der Waals surface area contributed by atoms with Crippen LogP contribution in [0.4, 0.5) is 5.69 Å². The Morgan fingerprint density at radius 1 is 1.00 bits per heavy atom. The molecule has 0 atom stereocenters. The second-order valence-electron chi connectivity index (χ2n) is 6.50. The number of benzene rings is 2. The van der Waals surface area contributed by atoms with Crippen LogP contribution in [-0.4, -0.2) is 41.3 Å². The van der Waals surface area contributed by atoms with E-state index in [2.05, 4.69) is 5.32 Å². The zero-order valence-electron chi connectivity index (χ0n) is 16.8. The molecule has 8 heteroatoms. The van der Waals surface area contributed by atoms with Gasteiger partial charge in [0, 0.05) is 6.54 Å². The standard InChI is InChI=1S/C20H26N2O5S/c1-14-6-8-17(10-15(14)2)22(28(5,24)25)13-20(23)21-12-16-7-9-18(26-3)19(11-16)27-4/h6-11H,12-13H2,1-5H3,(H,21,23). The molecule has 0 saturated carbocycles. The highest BCUT2D eigenvalue weighted by molar-refractivity contribution is 7.92. The normalized spacial score (nSPS) is 11.0. The number of aryl methyl sites for hydroxylation is 2. The highest BCUT2D eigenvalue weighted by atomic mass is 32.2. The molecule has 0 aliphatic heterocycles. The summed E-state index contributed by atoms with van der Waals surface area (Å²) in [6.07, 6.45) is 1.09. The maximum Gasteiger partial charge on any atom is 0.241 e. The summed E-state index contributed by atoms with van der Waals surface area (Å²) in [6, 6.07) is 10.6. The molecule has 152 valence electrons. The van der Waals surface area contributed by atoms with Crippen molar-refractivity contribution in [2.24, 2.45) is 0 Å². The predicted molar refractivity (Wildman–Crippen MR) is 109 cm³/mol. The molecule has 0 saturated heterocycles. The second kappa shape index (κ2) is 8.97. The first kappa shape index (κ1) is 21.6. The molecule has 0 radical (unpaired) electrons. The third kappa shape index (κ3) is 5.39. The van der Waals surface area contributed by atoms with Gasteiger partial charge in [-0.1, -0.05) is 12.1 Å². The van der Waals surface area contributed by atoms with Gasteiger partial charge in [0.1, 0.15) is 6.54 Å². The maximum atomic E-state index is 12.4. The third-order valence-electron chi connectivity index (χ3n) is 4.40. The smallest absolute Gasteiger partial charge is 0.241 e. The van der Waals surface area contributed by atoms with Gasteiger partial charge in [0.25, 0.3) is 0 Å². The molecule has 1 N–H and O–H groups in total. The van der Waals surface area contributed by atoms with E-state index in [0.29, 0.717) is 17.2 Å². The Bertz CT molecular complexity index is 957. The van der Waals surface area contributed by atoms with Gasteiger partial charge in [0.05, 0.1) is 26.2 Å². The number of hydrogen-bond acceptors (Lipinski definition) is 5. The minimum Gasteiger partial charge on any atom is -0.493 e. The summed E-state index contributed by atoms with van der Waals surface area (Å²) in [5.74, 6) is 0.746. The topological polar surface area (TPSA) is 84.9 Å². The molecule has 7 nitrogen and oxygen atoms in total. The molecular formula is C20H26N2O5S. The fourth-order valence-corrected chi connectivity index (χ4v) is 3.51. The van der Waals surface area contributed by atoms with Gasteiger partial charge in [0.15, 0.2) is 11.5 Å². The van der Waals surface area contributed by atoms with Gasteiger partial charge in [-0.05, 0) is 54.8 Å². The maximum absolute atomic E-state index is 12.4. The average Bonchev–Trinajstić information content (AvgIpc) is 2.65. The molecule has 0 aliphatic carbocycles. The Hall–Kier alpha value is -2.74. The summed E-state index contributed by atoms with van der Waals surface area (Å²) in [6.45, 7) is 3.79. The van der Waals surface area contributed by atoms with Crippen LogP contribution in [0.2, 0.25) is 0 Å². The molecular weight excluding hydrogens is 380 g/mol. The first-order chi connectivity index (χ1) is 13.2. The van der Waals surface area contributed by atoms with E-state index in [1.165, 1.54) is 7.11 Å². The number of sulfonamides is 1. The Balaban J connectivity index is 2.11. The number of rotatable bonds is 8. The molecule has 0 aliphatic rings. The number of carbonyl (C=O) groups is 1. The van der Waals surface area contributed by atoms with Crippen LogP contribution in [0.25, 0.3) is 0 Å². The lowest BCUT2D eigenvalue weighted by Gasteiger charge is -2.22. The molecule has 2 rings (SSSR count). The molecule has 0 heterocycles. The number of nitrogens with zero attached hydrogens (tertiary/aromatic N) is 1. The summed E-state index contributed by atoms with van der Waals surface area (Å²) >= 11 is 0. The summed E-state index contributed by atoms with van der Waals surface area (Å²) in [5.41, 5.74) is 3.28. The molecule has 1 amide bonds. The van der Waals surface area contributed by atoms with Crippen molar-refractivity contribution < 1.29 is 22.7 Å². The van der Waals surface area contributed by atoms with Crippen LogP contribution in [0.15, 0.2) is 36.4 Å². The van der Waals surface area contributed by atoms with Crippen molar-refractivity contribution in [2.45, 2.75) is 20.4 Å². The molecule has 0 fully saturated rings. The van der Waals surface area contributed by atoms with Gasteiger partial charge in [-0.25, -0.2) is 8.42 Å². The van der Waals surface area contributed by atoms with Gasteiger partial charge < -0.3 is 14.8 Å². The van der Waals surface area contributed by atoms with Crippen molar-refractivity contribution in [3.63, 3.8) is 0 Å². The van der Waals surface area contributed by atoms with Crippen LogP contribution >= 0.6 is 0 Å². The third-order valence-corrected chi connectivity index (χ3v) is 5.54. The highest BCUT2D eigenvalue weighted by Crippen LogP contribution is 2.27. The van der Waals surface area contributed by atoms with Gasteiger partial charge in [-0.2, -0.15) is 0 Å². The van der Waals surface area contributed by atoms with Gasteiger partial charge >= 0.3 is 0 Å². The van der Waals surface area contributed by atoms with Crippen molar-refractivity contribution in [2.75, 3.05) is 31.3 Å². The average molecular weight is 407 g/mol. The molecule has 2 aromatic carbocycles. The number of nitrogens with one attached hydrogen (secondary N) is 1. The van der Waals surface area contributed by atoms with Crippen LogP contribution < -0.4 is 19.1 Å². The number of methoxy groups -OCH3 is 2. The summed E-state index contributed by atoms with van der Waals surface area (Å²) < 4.78 is 35.9. The quantitative estimate of drug-likeness (QED) is 0.728. The van der Waals surface area contributed by atoms with E-state index in [-0.39, 0.29) is 13.1 Å². The Labute approximate surface area is 166 Å². The zero-order chi connectivity index (χ0) is 20.9. The fraction of sp³-hybridized carbons (Fsp3) is 0.350. The number of carbonyl (C=O) groups excluding carboxylic acids is 1. The molecule has 2 aromatic rings. The summed E-state index contributed by atoms with van der Waals surface area (Å²) in [4.78, 5) is 12.4. The lowest BCUT2D eigenvalue weighted by molar-refractivity contribution is -0.119. The molecule has 28 heavy (non-hydrogen) atoms. The summed E-state index contributed by atoms with van der Waals surface area (Å²) in [5, 5.41) is 2.74. The van der Waals surface area contributed by atoms with Crippen molar-refractivity contribution >= 4 is 21.6 Å². The molecule has 0 aromatic heterocycles. The van der Waals surface area contributed by atoms with E-state index >= 15 is 0 Å². The number of anilines is 1. The fourth-order valence-electron chi connectivity index (χ4n) is 2.66. The first-order valence-corrected chi connectivity index (χ1v) is 10.5. The van der Waals surface area contributed by atoms with E-state index in [0.717, 1.165) is 27.3 Å². The van der Waals surface area contributed by atoms with Crippen LogP contribution in [0.1, 0.15) is 16.7 Å². The highest BCUT2D eigenvalue weighted by Gasteiger charge is 2.21. The second-order valence-corrected chi connectivity index (χ2v) is 8.41. The Kier molecular flexibility index (Phi) is 6.90. The predicted octanol–water partition coefficient (Wildman–Crippen LogP) is 2.40. The van der Waals surface area contributed by atoms with Crippen LogP contribution in [0.5, 0.6) is 11.5 Å². The monoisotopic (exact) mass is 406 g/mol. The van der Waals surface area contributed by atoms with E-state index in [9.17, 15) is 13.2 Å². The van der Waals surface area contributed by atoms with Crippen LogP contribution in [-0.2, 0) is 21.4 Å². The summed E-state index contributed by atoms with van der Waals surface area (Å²) in [7, 11) is -0.526. The van der Waals surface area contributed by atoms with Gasteiger partial charge in [0.2, 0.25) is 15.9 Å². The lowest BCUT2D eigenvalue weighted by atomic mass is 10.1. The number of amides is 1. The number of ether oxygens (including phenoxy) is 2. The molecule has 0 bridgehead atoms. The Morgan fingerprint density at radius 3 is 2.25 bits per heavy atom. The van der Waals surface area contributed by atoms with Crippen LogP contribution in [0.3, 0.4) is 0 Å².